The minimum atomic E-state index is -0.367. The zero-order chi connectivity index (χ0) is 14.4. The van der Waals surface area contributed by atoms with Gasteiger partial charge in [-0.15, -0.1) is 0 Å². The number of hydrogen-bond donors (Lipinski definition) is 0. The summed E-state index contributed by atoms with van der Waals surface area (Å²) in [4.78, 5) is 16.7. The lowest BCUT2D eigenvalue weighted by Gasteiger charge is -1.98. The average molecular weight is 276 g/mol. The first-order valence-corrected chi connectivity index (χ1v) is 6.69. The molecular formula is C17H12N2O2. The molecule has 0 bridgehead atoms. The summed E-state index contributed by atoms with van der Waals surface area (Å²) in [5, 5.41) is 0.889. The van der Waals surface area contributed by atoms with Crippen LogP contribution in [-0.2, 0) is 0 Å². The normalized spacial score (nSPS) is 11.3. The lowest BCUT2D eigenvalue weighted by molar-refractivity contribution is 0.563. The van der Waals surface area contributed by atoms with Crippen LogP contribution in [0, 0.1) is 6.92 Å². The van der Waals surface area contributed by atoms with Crippen LogP contribution >= 0.6 is 0 Å². The van der Waals surface area contributed by atoms with Crippen molar-refractivity contribution in [3.05, 3.63) is 70.8 Å². The third-order valence-corrected chi connectivity index (χ3v) is 3.52. The molecular weight excluding hydrogens is 264 g/mol. The maximum absolute atomic E-state index is 12.2. The van der Waals surface area contributed by atoms with Gasteiger partial charge in [-0.3, -0.25) is 0 Å². The van der Waals surface area contributed by atoms with Crippen molar-refractivity contribution in [3.63, 3.8) is 0 Å². The Balaban J connectivity index is 1.99. The molecule has 0 spiro atoms. The van der Waals surface area contributed by atoms with E-state index < -0.39 is 0 Å². The van der Waals surface area contributed by atoms with E-state index in [0.717, 1.165) is 16.6 Å². The molecule has 102 valence electrons. The fraction of sp³-hybridized carbons (Fsp3) is 0.0588. The van der Waals surface area contributed by atoms with Crippen LogP contribution < -0.4 is 5.63 Å². The van der Waals surface area contributed by atoms with E-state index in [1.165, 1.54) is 0 Å². The number of aromatic nitrogens is 2. The number of nitrogens with zero attached hydrogens (tertiary/aromatic N) is 2. The molecule has 0 atom stereocenters. The maximum Gasteiger partial charge on any atom is 0.345 e. The number of benzene rings is 1. The third kappa shape index (κ3) is 1.92. The standard InChI is InChI=1S/C17H12N2O2/c1-11-6-7-16-18-14(10-19(16)9-11)13-8-12-4-2-3-5-15(12)21-17(13)20/h2-10H,1H3. The number of fused-ring (bicyclic) bond motifs is 2. The molecule has 0 N–H and O–H groups in total. The summed E-state index contributed by atoms with van der Waals surface area (Å²) in [6, 6.07) is 13.2. The van der Waals surface area contributed by atoms with Crippen LogP contribution in [0.3, 0.4) is 0 Å². The number of para-hydroxylation sites is 1. The Labute approximate surface area is 120 Å². The fourth-order valence-corrected chi connectivity index (χ4v) is 2.47. The molecule has 4 heteroatoms. The van der Waals surface area contributed by atoms with Gasteiger partial charge in [-0.1, -0.05) is 24.3 Å². The van der Waals surface area contributed by atoms with Gasteiger partial charge in [0, 0.05) is 17.8 Å². The van der Waals surface area contributed by atoms with Crippen molar-refractivity contribution in [2.45, 2.75) is 6.92 Å². The summed E-state index contributed by atoms with van der Waals surface area (Å²) >= 11 is 0. The molecule has 0 amide bonds. The van der Waals surface area contributed by atoms with E-state index in [1.54, 1.807) is 6.07 Å². The van der Waals surface area contributed by atoms with Gasteiger partial charge in [-0.25, -0.2) is 9.78 Å². The molecule has 4 rings (SSSR count). The molecule has 0 saturated heterocycles. The highest BCUT2D eigenvalue weighted by Crippen LogP contribution is 2.21. The highest BCUT2D eigenvalue weighted by atomic mass is 16.4. The lowest BCUT2D eigenvalue weighted by Crippen LogP contribution is -2.02. The summed E-state index contributed by atoms with van der Waals surface area (Å²) in [5.41, 5.74) is 3.27. The topological polar surface area (TPSA) is 47.5 Å². The Morgan fingerprint density at radius 1 is 1.10 bits per heavy atom. The smallest absolute Gasteiger partial charge is 0.345 e. The minimum absolute atomic E-state index is 0.367. The second kappa shape index (κ2) is 4.31. The summed E-state index contributed by atoms with van der Waals surface area (Å²) in [6.07, 6.45) is 3.83. The van der Waals surface area contributed by atoms with E-state index in [2.05, 4.69) is 4.98 Å². The molecule has 0 aliphatic rings. The van der Waals surface area contributed by atoms with Crippen LogP contribution in [0.4, 0.5) is 0 Å². The van der Waals surface area contributed by atoms with Crippen molar-refractivity contribution >= 4 is 16.6 Å². The van der Waals surface area contributed by atoms with Crippen molar-refractivity contribution in [2.75, 3.05) is 0 Å². The molecule has 4 aromatic rings. The monoisotopic (exact) mass is 276 g/mol. The summed E-state index contributed by atoms with van der Waals surface area (Å²) in [6.45, 7) is 2.02. The molecule has 3 heterocycles. The van der Waals surface area contributed by atoms with E-state index in [4.69, 9.17) is 4.42 Å². The van der Waals surface area contributed by atoms with Gasteiger partial charge in [-0.2, -0.15) is 0 Å². The molecule has 0 radical (unpaired) electrons. The van der Waals surface area contributed by atoms with E-state index in [9.17, 15) is 4.79 Å². The van der Waals surface area contributed by atoms with Crippen molar-refractivity contribution in [3.8, 4) is 11.3 Å². The number of rotatable bonds is 1. The number of pyridine rings is 1. The quantitative estimate of drug-likeness (QED) is 0.500. The summed E-state index contributed by atoms with van der Waals surface area (Å²) in [7, 11) is 0. The average Bonchev–Trinajstić information content (AvgIpc) is 2.89. The Kier molecular flexibility index (Phi) is 2.44. The molecule has 21 heavy (non-hydrogen) atoms. The van der Waals surface area contributed by atoms with Gasteiger partial charge in [-0.05, 0) is 30.7 Å². The Morgan fingerprint density at radius 3 is 2.86 bits per heavy atom. The summed E-state index contributed by atoms with van der Waals surface area (Å²) in [5.74, 6) is 0. The van der Waals surface area contributed by atoms with Crippen LogP contribution in [-0.4, -0.2) is 9.38 Å². The first kappa shape index (κ1) is 11.9. The van der Waals surface area contributed by atoms with Crippen molar-refractivity contribution in [2.24, 2.45) is 0 Å². The molecule has 0 fully saturated rings. The predicted octanol–water partition coefficient (Wildman–Crippen LogP) is 3.42. The second-order valence-electron chi connectivity index (χ2n) is 5.08. The van der Waals surface area contributed by atoms with Crippen molar-refractivity contribution < 1.29 is 4.42 Å². The zero-order valence-electron chi connectivity index (χ0n) is 11.4. The van der Waals surface area contributed by atoms with Crippen LogP contribution in [0.1, 0.15) is 5.56 Å². The van der Waals surface area contributed by atoms with E-state index in [-0.39, 0.29) is 5.63 Å². The maximum atomic E-state index is 12.2. The Hall–Kier alpha value is -2.88. The minimum Gasteiger partial charge on any atom is -0.422 e. The van der Waals surface area contributed by atoms with E-state index >= 15 is 0 Å². The molecule has 4 nitrogen and oxygen atoms in total. The van der Waals surface area contributed by atoms with Gasteiger partial charge < -0.3 is 8.82 Å². The van der Waals surface area contributed by atoms with Gasteiger partial charge in [0.15, 0.2) is 0 Å². The van der Waals surface area contributed by atoms with Crippen LogP contribution in [0.25, 0.3) is 27.9 Å². The summed E-state index contributed by atoms with van der Waals surface area (Å²) < 4.78 is 7.28. The van der Waals surface area contributed by atoms with Gasteiger partial charge in [0.2, 0.25) is 0 Å². The van der Waals surface area contributed by atoms with Gasteiger partial charge in [0.1, 0.15) is 11.2 Å². The van der Waals surface area contributed by atoms with Gasteiger partial charge in [0.25, 0.3) is 0 Å². The number of imidazole rings is 1. The first-order chi connectivity index (χ1) is 10.2. The second-order valence-corrected chi connectivity index (χ2v) is 5.08. The predicted molar refractivity (Wildman–Crippen MR) is 81.4 cm³/mol. The van der Waals surface area contributed by atoms with Gasteiger partial charge in [0.05, 0.1) is 11.3 Å². The fourth-order valence-electron chi connectivity index (χ4n) is 2.47. The SMILES string of the molecule is Cc1ccc2nc(-c3cc4ccccc4oc3=O)cn2c1. The Morgan fingerprint density at radius 2 is 1.95 bits per heavy atom. The molecule has 1 aromatic carbocycles. The molecule has 0 saturated carbocycles. The molecule has 0 aliphatic carbocycles. The van der Waals surface area contributed by atoms with Crippen LogP contribution in [0.2, 0.25) is 0 Å². The zero-order valence-corrected chi connectivity index (χ0v) is 11.4. The van der Waals surface area contributed by atoms with E-state index in [0.29, 0.717) is 16.8 Å². The molecule has 0 unspecified atom stereocenters. The van der Waals surface area contributed by atoms with Crippen molar-refractivity contribution in [1.82, 2.24) is 9.38 Å². The molecule has 0 aliphatic heterocycles. The van der Waals surface area contributed by atoms with E-state index in [1.807, 2.05) is 60.1 Å². The van der Waals surface area contributed by atoms with Crippen molar-refractivity contribution in [1.29, 1.82) is 0 Å². The Bertz CT molecular complexity index is 1030. The highest BCUT2D eigenvalue weighted by Gasteiger charge is 2.11. The largest absolute Gasteiger partial charge is 0.422 e. The van der Waals surface area contributed by atoms with Gasteiger partial charge >= 0.3 is 5.63 Å². The third-order valence-electron chi connectivity index (χ3n) is 3.52. The highest BCUT2D eigenvalue weighted by molar-refractivity contribution is 5.81. The van der Waals surface area contributed by atoms with Crippen LogP contribution in [0.15, 0.2) is 64.1 Å². The van der Waals surface area contributed by atoms with Crippen LogP contribution in [0.5, 0.6) is 0 Å². The number of aryl methyl sites for hydroxylation is 1. The first-order valence-electron chi connectivity index (χ1n) is 6.69. The molecule has 3 aromatic heterocycles. The number of hydrogen-bond acceptors (Lipinski definition) is 3. The lowest BCUT2D eigenvalue weighted by atomic mass is 10.1.